The van der Waals surface area contributed by atoms with Gasteiger partial charge in [0.05, 0.1) is 10.8 Å². The fraction of sp³-hybridized carbons (Fsp3) is 0.500. The van der Waals surface area contributed by atoms with E-state index < -0.39 is 46.0 Å². The fourth-order valence-corrected chi connectivity index (χ4v) is 1.53. The van der Waals surface area contributed by atoms with Crippen molar-refractivity contribution in [3.63, 3.8) is 0 Å². The molecule has 1 atom stereocenters. The summed E-state index contributed by atoms with van der Waals surface area (Å²) in [6, 6.07) is 0. The topological polar surface area (TPSA) is 43.4 Å². The molecule has 0 aromatic rings. The number of allylic oxidation sites excluding steroid dienone is 1. The zero-order valence-corrected chi connectivity index (χ0v) is 10.5. The van der Waals surface area contributed by atoms with Crippen LogP contribution in [0.1, 0.15) is 13.8 Å². The van der Waals surface area contributed by atoms with Gasteiger partial charge in [-0.25, -0.2) is 0 Å². The Labute approximate surface area is 104 Å². The molecule has 0 saturated heterocycles. The van der Waals surface area contributed by atoms with Crippen LogP contribution >= 0.6 is 0 Å². The first-order valence-electron chi connectivity index (χ1n) is 4.76. The van der Waals surface area contributed by atoms with Crippen LogP contribution in [0.15, 0.2) is 22.9 Å². The maximum Gasteiger partial charge on any atom is 0.412 e. The van der Waals surface area contributed by atoms with Crippen LogP contribution in [0.2, 0.25) is 0 Å². The molecule has 0 amide bonds. The van der Waals surface area contributed by atoms with Crippen molar-refractivity contribution in [1.29, 1.82) is 0 Å². The summed E-state index contributed by atoms with van der Waals surface area (Å²) in [5.41, 5.74) is -0.941. The van der Waals surface area contributed by atoms with E-state index in [4.69, 9.17) is 0 Å². The second-order valence-corrected chi connectivity index (χ2v) is 4.62. The first-order chi connectivity index (χ1) is 8.14. The van der Waals surface area contributed by atoms with E-state index >= 15 is 0 Å². The fourth-order valence-electron chi connectivity index (χ4n) is 0.714. The molecule has 18 heavy (non-hydrogen) atoms. The molecule has 104 valence electrons. The number of rotatable bonds is 5. The van der Waals surface area contributed by atoms with E-state index in [1.54, 1.807) is 0 Å². The van der Waals surface area contributed by atoms with Crippen LogP contribution in [0.3, 0.4) is 0 Å². The van der Waals surface area contributed by atoms with Gasteiger partial charge in [-0.15, -0.1) is 0 Å². The minimum absolute atomic E-state index is 0.408. The first-order valence-corrected chi connectivity index (χ1v) is 6.08. The van der Waals surface area contributed by atoms with Crippen molar-refractivity contribution in [3.05, 3.63) is 22.9 Å². The van der Waals surface area contributed by atoms with Crippen molar-refractivity contribution in [3.8, 4) is 0 Å². The summed E-state index contributed by atoms with van der Waals surface area (Å²) in [5.74, 6) is -1.23. The average Bonchev–Trinajstić information content (AvgIpc) is 2.23. The van der Waals surface area contributed by atoms with Gasteiger partial charge in [-0.05, 0) is 13.0 Å². The third kappa shape index (κ3) is 7.21. The molecule has 0 N–H and O–H groups in total. The maximum atomic E-state index is 13.1. The highest BCUT2D eigenvalue weighted by Gasteiger charge is 2.29. The van der Waals surface area contributed by atoms with E-state index in [2.05, 4.69) is 4.74 Å². The van der Waals surface area contributed by atoms with Gasteiger partial charge in [0.25, 0.3) is 0 Å². The molecule has 0 bridgehead atoms. The van der Waals surface area contributed by atoms with E-state index in [9.17, 15) is 26.6 Å². The van der Waals surface area contributed by atoms with Crippen LogP contribution in [-0.2, 0) is 20.3 Å². The highest BCUT2D eigenvalue weighted by atomic mass is 32.2. The van der Waals surface area contributed by atoms with Crippen LogP contribution in [0.25, 0.3) is 0 Å². The first kappa shape index (κ1) is 16.8. The lowest BCUT2D eigenvalue weighted by molar-refractivity contribution is -0.139. The van der Waals surface area contributed by atoms with Gasteiger partial charge in [0.15, 0.2) is 5.16 Å². The van der Waals surface area contributed by atoms with E-state index in [1.807, 2.05) is 0 Å². The van der Waals surface area contributed by atoms with Gasteiger partial charge in [0, 0.05) is 18.2 Å². The number of carbonyl (C=O) groups is 1. The summed E-state index contributed by atoms with van der Waals surface area (Å²) in [4.78, 5) is 10.3. The Morgan fingerprint density at radius 1 is 1.28 bits per heavy atom. The maximum absolute atomic E-state index is 13.1. The summed E-state index contributed by atoms with van der Waals surface area (Å²) in [6.07, 6.45) is -3.12. The van der Waals surface area contributed by atoms with Crippen molar-refractivity contribution < 1.29 is 31.3 Å². The van der Waals surface area contributed by atoms with Gasteiger partial charge in [0.1, 0.15) is 6.61 Å². The van der Waals surface area contributed by atoms with Gasteiger partial charge < -0.3 is 4.74 Å². The highest BCUT2D eigenvalue weighted by Crippen LogP contribution is 2.24. The van der Waals surface area contributed by atoms with Gasteiger partial charge in [0.2, 0.25) is 0 Å². The van der Waals surface area contributed by atoms with Gasteiger partial charge >= 0.3 is 12.1 Å². The number of alkyl halides is 3. The van der Waals surface area contributed by atoms with Crippen molar-refractivity contribution in [2.45, 2.75) is 20.0 Å². The number of esters is 1. The summed E-state index contributed by atoms with van der Waals surface area (Å²) in [5, 5.41) is -1.12. The third-order valence-electron chi connectivity index (χ3n) is 1.74. The molecule has 0 aromatic heterocycles. The van der Waals surface area contributed by atoms with E-state index in [0.717, 1.165) is 19.9 Å². The number of carbonyl (C=O) groups excluding carboxylic acids is 1. The summed E-state index contributed by atoms with van der Waals surface area (Å²) < 4.78 is 64.8. The molecule has 0 fully saturated rings. The van der Waals surface area contributed by atoms with Crippen molar-refractivity contribution >= 4 is 16.8 Å². The Balaban J connectivity index is 4.37. The Morgan fingerprint density at radius 2 is 1.83 bits per heavy atom. The van der Waals surface area contributed by atoms with Gasteiger partial charge in [-0.1, -0.05) is 6.08 Å². The molecule has 0 aliphatic heterocycles. The molecule has 0 aliphatic rings. The zero-order chi connectivity index (χ0) is 14.3. The molecule has 0 heterocycles. The minimum atomic E-state index is -4.51. The Hall–Kier alpha value is -1.18. The van der Waals surface area contributed by atoms with E-state index in [-0.39, 0.29) is 0 Å². The van der Waals surface area contributed by atoms with Gasteiger partial charge in [-0.3, -0.25) is 9.00 Å². The molecule has 3 nitrogen and oxygen atoms in total. The molecule has 0 spiro atoms. The number of hydrogen-bond donors (Lipinski definition) is 0. The van der Waals surface area contributed by atoms with Crippen LogP contribution in [-0.4, -0.2) is 28.7 Å². The smallest absolute Gasteiger partial charge is 0.412 e. The molecule has 0 radical (unpaired) electrons. The number of hydrogen-bond acceptors (Lipinski definition) is 3. The summed E-state index contributed by atoms with van der Waals surface area (Å²) in [6.45, 7) is 1.50. The third-order valence-corrected chi connectivity index (χ3v) is 2.81. The molecule has 8 heteroatoms. The van der Waals surface area contributed by atoms with Crippen molar-refractivity contribution in [1.82, 2.24) is 0 Å². The Kier molecular flexibility index (Phi) is 6.82. The van der Waals surface area contributed by atoms with Crippen LogP contribution in [0.5, 0.6) is 0 Å². The van der Waals surface area contributed by atoms with Crippen LogP contribution < -0.4 is 0 Å². The van der Waals surface area contributed by atoms with E-state index in [0.29, 0.717) is 6.08 Å². The molecular formula is C10H12F4O3S. The Morgan fingerprint density at radius 3 is 2.28 bits per heavy atom. The van der Waals surface area contributed by atoms with Crippen LogP contribution in [0.4, 0.5) is 17.6 Å². The molecule has 0 aromatic carbocycles. The predicted molar refractivity (Wildman–Crippen MR) is 58.6 cm³/mol. The summed E-state index contributed by atoms with van der Waals surface area (Å²) in [7, 11) is -2.21. The lowest BCUT2D eigenvalue weighted by atomic mass is 10.3. The second kappa shape index (κ2) is 7.30. The zero-order valence-electron chi connectivity index (χ0n) is 9.71. The number of halogens is 4. The molecular weight excluding hydrogens is 276 g/mol. The SMILES string of the molecule is CC(=O)OC/C=C(\F)S(=O)CC=C(C)C(F)(F)F. The normalized spacial score (nSPS) is 15.4. The quantitative estimate of drug-likeness (QED) is 0.444. The van der Waals surface area contributed by atoms with E-state index in [1.165, 1.54) is 0 Å². The van der Waals surface area contributed by atoms with Gasteiger partial charge in [-0.2, -0.15) is 17.6 Å². The second-order valence-electron chi connectivity index (χ2n) is 3.21. The molecule has 0 saturated carbocycles. The van der Waals surface area contributed by atoms with Crippen LogP contribution in [0, 0.1) is 0 Å². The molecule has 1 unspecified atom stereocenters. The standard InChI is InChI=1S/C10H12F4O3S/c1-7(10(12,13)14)4-6-18(16)9(11)3-5-17-8(2)15/h3-4H,5-6H2,1-2H3/b7-4?,9-3+. The highest BCUT2D eigenvalue weighted by molar-refractivity contribution is 7.88. The predicted octanol–water partition coefficient (Wildman–Crippen LogP) is 2.62. The summed E-state index contributed by atoms with van der Waals surface area (Å²) >= 11 is 0. The largest absolute Gasteiger partial charge is 0.462 e. The monoisotopic (exact) mass is 288 g/mol. The van der Waals surface area contributed by atoms with Crippen molar-refractivity contribution in [2.75, 3.05) is 12.4 Å². The molecule has 0 rings (SSSR count). The Bertz CT molecular complexity index is 385. The lowest BCUT2D eigenvalue weighted by Crippen LogP contribution is -2.10. The lowest BCUT2D eigenvalue weighted by Gasteiger charge is -2.05. The number of ether oxygens (including phenoxy) is 1. The molecule has 0 aliphatic carbocycles. The van der Waals surface area contributed by atoms with Crippen molar-refractivity contribution in [2.24, 2.45) is 0 Å². The average molecular weight is 288 g/mol. The minimum Gasteiger partial charge on any atom is -0.462 e.